The predicted octanol–water partition coefficient (Wildman–Crippen LogP) is 3.07. The van der Waals surface area contributed by atoms with E-state index < -0.39 is 0 Å². The van der Waals surface area contributed by atoms with E-state index in [1.165, 1.54) is 11.3 Å². The van der Waals surface area contributed by atoms with E-state index in [4.69, 9.17) is 0 Å². The third-order valence-corrected chi connectivity index (χ3v) is 2.96. The number of thiophene rings is 1. The van der Waals surface area contributed by atoms with Gasteiger partial charge in [0.15, 0.2) is 0 Å². The fraction of sp³-hybridized carbons (Fsp3) is 0. The third kappa shape index (κ3) is 1.73. The average molecular weight is 256 g/mol. The summed E-state index contributed by atoms with van der Waals surface area (Å²) in [5.41, 5.74) is 0.620. The van der Waals surface area contributed by atoms with Gasteiger partial charge in [0.05, 0.1) is 10.6 Å². The topological polar surface area (TPSA) is 32.9 Å². The van der Waals surface area contributed by atoms with Crippen LogP contribution in [-0.4, -0.2) is 10.8 Å². The third-order valence-electron chi connectivity index (χ3n) is 1.64. The van der Waals surface area contributed by atoms with E-state index in [9.17, 15) is 4.79 Å². The fourth-order valence-corrected chi connectivity index (χ4v) is 2.06. The molecule has 2 heterocycles. The summed E-state index contributed by atoms with van der Waals surface area (Å²) in [4.78, 5) is 15.3. The Kier molecular flexibility index (Phi) is 2.33. The molecule has 2 aromatic heterocycles. The first-order valence-corrected chi connectivity index (χ1v) is 5.37. The van der Waals surface area contributed by atoms with Crippen molar-refractivity contribution in [2.75, 3.05) is 0 Å². The number of halogens is 1. The summed E-state index contributed by atoms with van der Waals surface area (Å²) in [7, 11) is 0. The van der Waals surface area contributed by atoms with Gasteiger partial charge in [-0.3, -0.25) is 4.79 Å². The summed E-state index contributed by atoms with van der Waals surface area (Å²) in [5.74, 6) is 0.0423. The summed E-state index contributed by atoms with van der Waals surface area (Å²) >= 11 is 4.73. The summed E-state index contributed by atoms with van der Waals surface area (Å²) in [6, 6.07) is 5.47. The van der Waals surface area contributed by atoms with Crippen molar-refractivity contribution >= 4 is 33.0 Å². The number of H-pyrrole nitrogens is 1. The van der Waals surface area contributed by atoms with Gasteiger partial charge in [0.2, 0.25) is 5.78 Å². The molecule has 0 saturated carbocycles. The Bertz CT molecular complexity index is 419. The van der Waals surface area contributed by atoms with Gasteiger partial charge in [-0.2, -0.15) is 0 Å². The lowest BCUT2D eigenvalue weighted by Crippen LogP contribution is -1.97. The number of carbonyl (C=O) groups is 1. The molecule has 0 aliphatic rings. The Morgan fingerprint density at radius 3 is 2.92 bits per heavy atom. The average Bonchev–Trinajstić information content (AvgIpc) is 2.72. The van der Waals surface area contributed by atoms with Gasteiger partial charge in [-0.25, -0.2) is 0 Å². The van der Waals surface area contributed by atoms with E-state index in [-0.39, 0.29) is 5.78 Å². The molecule has 0 saturated heterocycles. The minimum atomic E-state index is 0.0423. The van der Waals surface area contributed by atoms with Crippen molar-refractivity contribution in [1.29, 1.82) is 0 Å². The van der Waals surface area contributed by atoms with Gasteiger partial charge in [0.1, 0.15) is 0 Å². The lowest BCUT2D eigenvalue weighted by atomic mass is 10.2. The molecule has 0 fully saturated rings. The molecular formula is C9H6BrNOS. The first kappa shape index (κ1) is 8.72. The minimum Gasteiger partial charge on any atom is -0.357 e. The molecule has 66 valence electrons. The van der Waals surface area contributed by atoms with Crippen molar-refractivity contribution in [2.24, 2.45) is 0 Å². The smallest absolute Gasteiger partial charge is 0.219 e. The van der Waals surface area contributed by atoms with Crippen LogP contribution < -0.4 is 0 Å². The molecule has 0 aromatic carbocycles. The van der Waals surface area contributed by atoms with E-state index in [0.29, 0.717) is 5.69 Å². The second-order valence-corrected chi connectivity index (χ2v) is 4.40. The molecule has 2 aromatic rings. The second kappa shape index (κ2) is 3.47. The quantitative estimate of drug-likeness (QED) is 0.823. The van der Waals surface area contributed by atoms with Crippen LogP contribution >= 0.6 is 27.3 Å². The van der Waals surface area contributed by atoms with Crippen LogP contribution in [0, 0.1) is 0 Å². The van der Waals surface area contributed by atoms with E-state index in [0.717, 1.165) is 9.35 Å². The van der Waals surface area contributed by atoms with Crippen LogP contribution in [0.15, 0.2) is 34.2 Å². The molecule has 0 aliphatic carbocycles. The summed E-state index contributed by atoms with van der Waals surface area (Å²) < 4.78 is 0.896. The number of hydrogen-bond donors (Lipinski definition) is 1. The lowest BCUT2D eigenvalue weighted by molar-refractivity contribution is 0.103. The Hall–Kier alpha value is -0.870. The monoisotopic (exact) mass is 255 g/mol. The number of aromatic amines is 1. The molecular weight excluding hydrogens is 250 g/mol. The fourth-order valence-electron chi connectivity index (χ4n) is 1.04. The SMILES string of the molecule is O=C(c1cc(Br)c[nH]1)c1cccs1. The van der Waals surface area contributed by atoms with E-state index in [1.54, 1.807) is 12.3 Å². The largest absolute Gasteiger partial charge is 0.357 e. The summed E-state index contributed by atoms with van der Waals surface area (Å²) in [6.45, 7) is 0. The van der Waals surface area contributed by atoms with Crippen molar-refractivity contribution in [3.05, 3.63) is 44.8 Å². The summed E-state index contributed by atoms with van der Waals surface area (Å²) in [6.07, 6.45) is 1.75. The maximum atomic E-state index is 11.7. The van der Waals surface area contributed by atoms with Crippen molar-refractivity contribution in [3.8, 4) is 0 Å². The predicted molar refractivity (Wildman–Crippen MR) is 56.2 cm³/mol. The van der Waals surface area contributed by atoms with Crippen LogP contribution in [-0.2, 0) is 0 Å². The number of rotatable bonds is 2. The zero-order valence-corrected chi connectivity index (χ0v) is 8.98. The highest BCUT2D eigenvalue weighted by Gasteiger charge is 2.10. The van der Waals surface area contributed by atoms with Crippen LogP contribution in [0.25, 0.3) is 0 Å². The highest BCUT2D eigenvalue weighted by atomic mass is 79.9. The van der Waals surface area contributed by atoms with Gasteiger partial charge < -0.3 is 4.98 Å². The van der Waals surface area contributed by atoms with E-state index >= 15 is 0 Å². The number of hydrogen-bond acceptors (Lipinski definition) is 2. The van der Waals surface area contributed by atoms with Crippen LogP contribution in [0.3, 0.4) is 0 Å². The second-order valence-electron chi connectivity index (χ2n) is 2.54. The van der Waals surface area contributed by atoms with Crippen LogP contribution in [0.4, 0.5) is 0 Å². The number of ketones is 1. The maximum absolute atomic E-state index is 11.7. The standard InChI is InChI=1S/C9H6BrNOS/c10-6-4-7(11-5-6)9(12)8-2-1-3-13-8/h1-5,11H. The van der Waals surface area contributed by atoms with E-state index in [2.05, 4.69) is 20.9 Å². The molecule has 0 bridgehead atoms. The minimum absolute atomic E-state index is 0.0423. The molecule has 0 amide bonds. The number of nitrogens with one attached hydrogen (secondary N) is 1. The van der Waals surface area contributed by atoms with Crippen molar-refractivity contribution in [3.63, 3.8) is 0 Å². The van der Waals surface area contributed by atoms with Gasteiger partial charge in [-0.05, 0) is 33.4 Å². The Morgan fingerprint density at radius 1 is 1.54 bits per heavy atom. The van der Waals surface area contributed by atoms with Crippen molar-refractivity contribution < 1.29 is 4.79 Å². The van der Waals surface area contributed by atoms with Gasteiger partial charge in [0, 0.05) is 10.7 Å². The first-order valence-electron chi connectivity index (χ1n) is 3.69. The van der Waals surface area contributed by atoms with Gasteiger partial charge in [-0.15, -0.1) is 11.3 Å². The lowest BCUT2D eigenvalue weighted by Gasteiger charge is -1.91. The molecule has 0 unspecified atom stereocenters. The molecule has 13 heavy (non-hydrogen) atoms. The molecule has 0 radical (unpaired) electrons. The van der Waals surface area contributed by atoms with Crippen molar-refractivity contribution in [2.45, 2.75) is 0 Å². The number of aromatic nitrogens is 1. The zero-order chi connectivity index (χ0) is 9.26. The molecule has 2 rings (SSSR count). The Labute approximate surface area is 87.7 Å². The molecule has 1 N–H and O–H groups in total. The van der Waals surface area contributed by atoms with E-state index in [1.807, 2.05) is 17.5 Å². The van der Waals surface area contributed by atoms with Gasteiger partial charge >= 0.3 is 0 Å². The molecule has 2 nitrogen and oxygen atoms in total. The zero-order valence-electron chi connectivity index (χ0n) is 6.58. The summed E-state index contributed by atoms with van der Waals surface area (Å²) in [5, 5.41) is 1.89. The highest BCUT2D eigenvalue weighted by molar-refractivity contribution is 9.10. The molecule has 0 spiro atoms. The van der Waals surface area contributed by atoms with Crippen LogP contribution in [0.5, 0.6) is 0 Å². The Morgan fingerprint density at radius 2 is 2.38 bits per heavy atom. The van der Waals surface area contributed by atoms with Crippen LogP contribution in [0.2, 0.25) is 0 Å². The molecule has 0 aliphatic heterocycles. The maximum Gasteiger partial charge on any atom is 0.219 e. The van der Waals surface area contributed by atoms with Gasteiger partial charge in [0.25, 0.3) is 0 Å². The number of carbonyl (C=O) groups excluding carboxylic acids is 1. The molecule has 0 atom stereocenters. The highest BCUT2D eigenvalue weighted by Crippen LogP contribution is 2.17. The van der Waals surface area contributed by atoms with Gasteiger partial charge in [-0.1, -0.05) is 6.07 Å². The first-order chi connectivity index (χ1) is 6.27. The normalized spacial score (nSPS) is 10.2. The van der Waals surface area contributed by atoms with Crippen molar-refractivity contribution in [1.82, 2.24) is 4.98 Å². The molecule has 4 heteroatoms. The van der Waals surface area contributed by atoms with Crippen LogP contribution in [0.1, 0.15) is 15.4 Å². The Balaban J connectivity index is 2.33.